The quantitative estimate of drug-likeness (QED) is 0.836. The zero-order valence-electron chi connectivity index (χ0n) is 14.2. The number of carbonyl (C=O) groups is 1. The van der Waals surface area contributed by atoms with Gasteiger partial charge in [0.15, 0.2) is 0 Å². The number of hydrogen-bond donors (Lipinski definition) is 0. The summed E-state index contributed by atoms with van der Waals surface area (Å²) in [6, 6.07) is 3.51. The number of carbonyl (C=O) groups excluding carboxylic acids is 1. The van der Waals surface area contributed by atoms with Gasteiger partial charge in [-0.2, -0.15) is 0 Å². The standard InChI is InChI=1S/C17H21N5O3/c1-12-10-14(25-20-12)16(23)22-8-9-24-15(11-22)13-4-5-18-17(19-13)21-6-2-3-7-21/h4-5,10,15H,2-3,6-9,11H2,1H3. The average molecular weight is 343 g/mol. The first-order valence-electron chi connectivity index (χ1n) is 8.63. The van der Waals surface area contributed by atoms with Crippen molar-refractivity contribution in [2.75, 3.05) is 37.7 Å². The lowest BCUT2D eigenvalue weighted by molar-refractivity contribution is -0.0258. The second kappa shape index (κ2) is 6.79. The van der Waals surface area contributed by atoms with Crippen molar-refractivity contribution in [1.82, 2.24) is 20.0 Å². The molecule has 0 saturated carbocycles. The fraction of sp³-hybridized carbons (Fsp3) is 0.529. The van der Waals surface area contributed by atoms with E-state index in [2.05, 4.69) is 20.0 Å². The third-order valence-electron chi connectivity index (χ3n) is 4.58. The highest BCUT2D eigenvalue weighted by atomic mass is 16.5. The minimum atomic E-state index is -0.258. The Bertz CT molecular complexity index is 756. The predicted octanol–water partition coefficient (Wildman–Crippen LogP) is 1.59. The van der Waals surface area contributed by atoms with Gasteiger partial charge in [-0.05, 0) is 25.8 Å². The van der Waals surface area contributed by atoms with E-state index in [0.29, 0.717) is 25.4 Å². The maximum Gasteiger partial charge on any atom is 0.292 e. The van der Waals surface area contributed by atoms with Crippen LogP contribution >= 0.6 is 0 Å². The third-order valence-corrected chi connectivity index (χ3v) is 4.58. The Labute approximate surface area is 145 Å². The molecule has 2 aromatic rings. The smallest absolute Gasteiger partial charge is 0.292 e. The molecule has 2 fully saturated rings. The summed E-state index contributed by atoms with van der Waals surface area (Å²) in [6.45, 7) is 5.21. The van der Waals surface area contributed by atoms with Crippen molar-refractivity contribution < 1.29 is 14.1 Å². The van der Waals surface area contributed by atoms with Crippen LogP contribution in [-0.2, 0) is 4.74 Å². The molecule has 0 spiro atoms. The zero-order chi connectivity index (χ0) is 17.2. The molecule has 0 radical (unpaired) electrons. The largest absolute Gasteiger partial charge is 0.368 e. The van der Waals surface area contributed by atoms with Crippen molar-refractivity contribution in [3.8, 4) is 0 Å². The van der Waals surface area contributed by atoms with Crippen LogP contribution < -0.4 is 4.90 Å². The molecule has 8 nitrogen and oxygen atoms in total. The number of morpholine rings is 1. The van der Waals surface area contributed by atoms with E-state index in [9.17, 15) is 4.79 Å². The van der Waals surface area contributed by atoms with E-state index in [-0.39, 0.29) is 17.8 Å². The number of ether oxygens (including phenoxy) is 1. The summed E-state index contributed by atoms with van der Waals surface area (Å²) in [7, 11) is 0. The van der Waals surface area contributed by atoms with Gasteiger partial charge in [0.2, 0.25) is 11.7 Å². The van der Waals surface area contributed by atoms with Crippen molar-refractivity contribution in [2.45, 2.75) is 25.9 Å². The fourth-order valence-electron chi connectivity index (χ4n) is 3.24. The van der Waals surface area contributed by atoms with Crippen LogP contribution in [0.5, 0.6) is 0 Å². The number of aromatic nitrogens is 3. The Morgan fingerprint density at radius 1 is 1.28 bits per heavy atom. The van der Waals surface area contributed by atoms with Crippen LogP contribution in [0.2, 0.25) is 0 Å². The summed E-state index contributed by atoms with van der Waals surface area (Å²) in [5.74, 6) is 0.842. The molecule has 0 bridgehead atoms. The van der Waals surface area contributed by atoms with Gasteiger partial charge >= 0.3 is 0 Å². The van der Waals surface area contributed by atoms with E-state index < -0.39 is 0 Å². The molecule has 2 aliphatic heterocycles. The van der Waals surface area contributed by atoms with Crippen LogP contribution in [-0.4, -0.2) is 58.7 Å². The van der Waals surface area contributed by atoms with E-state index in [1.54, 1.807) is 24.1 Å². The topological polar surface area (TPSA) is 84.6 Å². The minimum absolute atomic E-state index is 0.164. The van der Waals surface area contributed by atoms with E-state index >= 15 is 0 Å². The Morgan fingerprint density at radius 2 is 2.12 bits per heavy atom. The molecule has 8 heteroatoms. The lowest BCUT2D eigenvalue weighted by Crippen LogP contribution is -2.42. The normalized spacial score (nSPS) is 20.9. The highest BCUT2D eigenvalue weighted by Crippen LogP contribution is 2.24. The molecule has 2 aromatic heterocycles. The Balaban J connectivity index is 1.49. The number of rotatable bonds is 3. The molecule has 1 atom stereocenters. The number of aryl methyl sites for hydroxylation is 1. The summed E-state index contributed by atoms with van der Waals surface area (Å²) >= 11 is 0. The first-order chi connectivity index (χ1) is 12.2. The van der Waals surface area contributed by atoms with Crippen LogP contribution in [0.25, 0.3) is 0 Å². The summed E-state index contributed by atoms with van der Waals surface area (Å²) in [6.07, 6.45) is 3.85. The summed E-state index contributed by atoms with van der Waals surface area (Å²) in [4.78, 5) is 25.5. The van der Waals surface area contributed by atoms with Gasteiger partial charge in [0.1, 0.15) is 6.10 Å². The van der Waals surface area contributed by atoms with Crippen LogP contribution in [0, 0.1) is 6.92 Å². The monoisotopic (exact) mass is 343 g/mol. The van der Waals surface area contributed by atoms with Crippen molar-refractivity contribution in [1.29, 1.82) is 0 Å². The highest BCUT2D eigenvalue weighted by molar-refractivity contribution is 5.91. The second-order valence-electron chi connectivity index (χ2n) is 6.42. The van der Waals surface area contributed by atoms with Crippen LogP contribution in [0.3, 0.4) is 0 Å². The number of anilines is 1. The molecular formula is C17H21N5O3. The van der Waals surface area contributed by atoms with E-state index in [1.807, 2.05) is 6.07 Å². The predicted molar refractivity (Wildman–Crippen MR) is 89.3 cm³/mol. The zero-order valence-corrected chi connectivity index (χ0v) is 14.2. The molecule has 1 amide bonds. The molecule has 1 unspecified atom stereocenters. The van der Waals surface area contributed by atoms with Gasteiger partial charge in [0.25, 0.3) is 5.91 Å². The summed E-state index contributed by atoms with van der Waals surface area (Å²) in [5, 5.41) is 3.79. The van der Waals surface area contributed by atoms with Gasteiger partial charge in [0, 0.05) is 31.9 Å². The Hall–Kier alpha value is -2.48. The molecule has 132 valence electrons. The highest BCUT2D eigenvalue weighted by Gasteiger charge is 2.29. The van der Waals surface area contributed by atoms with E-state index in [4.69, 9.17) is 9.26 Å². The molecular weight excluding hydrogens is 322 g/mol. The van der Waals surface area contributed by atoms with Gasteiger partial charge in [0.05, 0.1) is 24.5 Å². The average Bonchev–Trinajstić information content (AvgIpc) is 3.33. The first kappa shape index (κ1) is 16.0. The molecule has 0 aromatic carbocycles. The number of hydrogen-bond acceptors (Lipinski definition) is 7. The number of amides is 1. The van der Waals surface area contributed by atoms with Crippen LogP contribution in [0.15, 0.2) is 22.9 Å². The Morgan fingerprint density at radius 3 is 2.88 bits per heavy atom. The molecule has 0 aliphatic carbocycles. The second-order valence-corrected chi connectivity index (χ2v) is 6.42. The van der Waals surface area contributed by atoms with Crippen molar-refractivity contribution in [3.63, 3.8) is 0 Å². The van der Waals surface area contributed by atoms with Crippen LogP contribution in [0.4, 0.5) is 5.95 Å². The van der Waals surface area contributed by atoms with Gasteiger partial charge < -0.3 is 19.1 Å². The molecule has 4 rings (SSSR count). The van der Waals surface area contributed by atoms with Gasteiger partial charge in [-0.15, -0.1) is 0 Å². The van der Waals surface area contributed by atoms with Gasteiger partial charge in [-0.25, -0.2) is 9.97 Å². The van der Waals surface area contributed by atoms with E-state index in [1.165, 1.54) is 12.8 Å². The third kappa shape index (κ3) is 3.34. The minimum Gasteiger partial charge on any atom is -0.368 e. The SMILES string of the molecule is Cc1cc(C(=O)N2CCOC(c3ccnc(N4CCCC4)n3)C2)on1. The van der Waals surface area contributed by atoms with Gasteiger partial charge in [-0.1, -0.05) is 5.16 Å². The first-order valence-corrected chi connectivity index (χ1v) is 8.63. The molecule has 0 N–H and O–H groups in total. The van der Waals surface area contributed by atoms with Crippen molar-refractivity contribution in [2.24, 2.45) is 0 Å². The Kier molecular flexibility index (Phi) is 4.35. The lowest BCUT2D eigenvalue weighted by atomic mass is 10.2. The van der Waals surface area contributed by atoms with E-state index in [0.717, 1.165) is 24.7 Å². The molecule has 25 heavy (non-hydrogen) atoms. The van der Waals surface area contributed by atoms with Crippen molar-refractivity contribution >= 4 is 11.9 Å². The summed E-state index contributed by atoms with van der Waals surface area (Å²) in [5.41, 5.74) is 1.50. The molecule has 2 aliphatic rings. The van der Waals surface area contributed by atoms with Crippen molar-refractivity contribution in [3.05, 3.63) is 35.5 Å². The summed E-state index contributed by atoms with van der Waals surface area (Å²) < 4.78 is 10.9. The lowest BCUT2D eigenvalue weighted by Gasteiger charge is -2.32. The number of nitrogens with zero attached hydrogens (tertiary/aromatic N) is 5. The maximum absolute atomic E-state index is 12.6. The molecule has 4 heterocycles. The molecule has 2 saturated heterocycles. The van der Waals surface area contributed by atoms with Gasteiger partial charge in [-0.3, -0.25) is 4.79 Å². The van der Waals surface area contributed by atoms with Crippen LogP contribution in [0.1, 0.15) is 40.9 Å². The fourth-order valence-corrected chi connectivity index (χ4v) is 3.24. The maximum atomic E-state index is 12.6.